The van der Waals surface area contributed by atoms with Gasteiger partial charge in [-0.2, -0.15) is 0 Å². The number of Topliss-reactive ketones (excluding diaryl/α,β-unsaturated/α-hetero) is 2. The molecule has 3 aliphatic heterocycles. The zero-order valence-corrected chi connectivity index (χ0v) is 24.4. The first-order valence-corrected chi connectivity index (χ1v) is 14.3. The summed E-state index contributed by atoms with van der Waals surface area (Å²) in [4.78, 5) is 46.6. The van der Waals surface area contributed by atoms with Crippen LogP contribution in [0.4, 0.5) is 11.4 Å². The van der Waals surface area contributed by atoms with Crippen molar-refractivity contribution >= 4 is 34.9 Å². The summed E-state index contributed by atoms with van der Waals surface area (Å²) in [5.41, 5.74) is 2.12. The molecule has 0 bridgehead atoms. The summed E-state index contributed by atoms with van der Waals surface area (Å²) < 4.78 is 16.6. The van der Waals surface area contributed by atoms with Crippen LogP contribution in [0.1, 0.15) is 31.8 Å². The van der Waals surface area contributed by atoms with Gasteiger partial charge in [-0.15, -0.1) is 0 Å². The lowest BCUT2D eigenvalue weighted by molar-refractivity contribution is -0.121. The third-order valence-electron chi connectivity index (χ3n) is 9.12. The quantitative estimate of drug-likeness (QED) is 0.283. The number of ketones is 2. The average molecular weight is 587 g/mol. The van der Waals surface area contributed by atoms with Gasteiger partial charge in [0.2, 0.25) is 5.91 Å². The number of fused-ring (bicyclic) bond motifs is 6. The topological polar surface area (TPSA) is 94.2 Å². The summed E-state index contributed by atoms with van der Waals surface area (Å²) in [7, 11) is 4.55. The van der Waals surface area contributed by atoms with E-state index in [0.717, 1.165) is 11.3 Å². The van der Waals surface area contributed by atoms with Crippen molar-refractivity contribution in [1.82, 2.24) is 0 Å². The maximum atomic E-state index is 15.2. The molecule has 3 aliphatic rings. The Morgan fingerprint density at radius 3 is 2.34 bits per heavy atom. The molecule has 0 aromatic heterocycles. The Morgan fingerprint density at radius 1 is 0.795 bits per heavy atom. The molecule has 1 saturated heterocycles. The highest BCUT2D eigenvalue weighted by Gasteiger charge is 2.70. The minimum Gasteiger partial charge on any atom is -0.497 e. The lowest BCUT2D eigenvalue weighted by Gasteiger charge is -2.37. The second-order valence-electron chi connectivity index (χ2n) is 11.1. The van der Waals surface area contributed by atoms with Crippen molar-refractivity contribution in [2.45, 2.75) is 17.5 Å². The third-order valence-corrected chi connectivity index (χ3v) is 9.12. The second-order valence-corrected chi connectivity index (χ2v) is 11.1. The largest absolute Gasteiger partial charge is 0.497 e. The number of anilines is 2. The molecule has 1 amide bonds. The van der Waals surface area contributed by atoms with Crippen molar-refractivity contribution in [3.63, 3.8) is 0 Å². The van der Waals surface area contributed by atoms with E-state index in [2.05, 4.69) is 5.32 Å². The summed E-state index contributed by atoms with van der Waals surface area (Å²) in [6, 6.07) is 25.3. The van der Waals surface area contributed by atoms with Gasteiger partial charge in [-0.3, -0.25) is 14.4 Å². The number of benzene rings is 4. The van der Waals surface area contributed by atoms with E-state index < -0.39 is 29.2 Å². The average Bonchev–Trinajstić information content (AvgIpc) is 3.55. The molecule has 1 N–H and O–H groups in total. The van der Waals surface area contributed by atoms with Crippen LogP contribution < -0.4 is 24.4 Å². The van der Waals surface area contributed by atoms with Crippen molar-refractivity contribution in [3.05, 3.63) is 119 Å². The molecule has 0 aliphatic carbocycles. The van der Waals surface area contributed by atoms with Gasteiger partial charge in [0.15, 0.2) is 11.6 Å². The number of ether oxygens (including phenoxy) is 3. The monoisotopic (exact) mass is 586 g/mol. The Hall–Kier alpha value is -5.37. The first-order valence-electron chi connectivity index (χ1n) is 14.3. The fourth-order valence-corrected chi connectivity index (χ4v) is 7.24. The van der Waals surface area contributed by atoms with Gasteiger partial charge in [-0.05, 0) is 53.6 Å². The van der Waals surface area contributed by atoms with Crippen LogP contribution in [-0.2, 0) is 10.2 Å². The minimum atomic E-state index is -1.44. The number of nitrogens with one attached hydrogen (secondary N) is 1. The van der Waals surface area contributed by atoms with Crippen LogP contribution in [0.5, 0.6) is 17.2 Å². The van der Waals surface area contributed by atoms with Crippen LogP contribution in [0.25, 0.3) is 6.08 Å². The van der Waals surface area contributed by atoms with Crippen LogP contribution >= 0.6 is 0 Å². The first-order chi connectivity index (χ1) is 21.4. The molecule has 1 spiro atoms. The predicted molar refractivity (Wildman–Crippen MR) is 167 cm³/mol. The Kier molecular flexibility index (Phi) is 6.50. The minimum absolute atomic E-state index is 0.231. The molecule has 1 fully saturated rings. The van der Waals surface area contributed by atoms with E-state index in [-0.39, 0.29) is 17.3 Å². The number of carbonyl (C=O) groups excluding carboxylic acids is 3. The number of para-hydroxylation sites is 2. The molecule has 4 atom stereocenters. The van der Waals surface area contributed by atoms with Crippen molar-refractivity contribution in [2.24, 2.45) is 5.92 Å². The lowest BCUT2D eigenvalue weighted by atomic mass is 9.64. The number of hydrogen-bond acceptors (Lipinski definition) is 7. The van der Waals surface area contributed by atoms with Crippen LogP contribution in [0.15, 0.2) is 97.1 Å². The van der Waals surface area contributed by atoms with Gasteiger partial charge >= 0.3 is 0 Å². The number of methoxy groups -OCH3 is 3. The van der Waals surface area contributed by atoms with Crippen LogP contribution in [0.3, 0.4) is 0 Å². The summed E-state index contributed by atoms with van der Waals surface area (Å²) in [6.45, 7) is 0. The molecule has 3 heterocycles. The molecule has 8 nitrogen and oxygen atoms in total. The highest BCUT2D eigenvalue weighted by atomic mass is 16.5. The van der Waals surface area contributed by atoms with Crippen molar-refractivity contribution in [2.75, 3.05) is 31.5 Å². The molecule has 8 heteroatoms. The van der Waals surface area contributed by atoms with Crippen LogP contribution in [-0.4, -0.2) is 50.9 Å². The molecular weight excluding hydrogens is 556 g/mol. The van der Waals surface area contributed by atoms with Gasteiger partial charge in [0.05, 0.1) is 38.9 Å². The molecule has 7 rings (SSSR count). The summed E-state index contributed by atoms with van der Waals surface area (Å²) >= 11 is 0. The molecule has 4 aromatic carbocycles. The van der Waals surface area contributed by atoms with E-state index in [1.807, 2.05) is 65.6 Å². The predicted octanol–water partition coefficient (Wildman–Crippen LogP) is 5.57. The van der Waals surface area contributed by atoms with E-state index in [0.29, 0.717) is 34.1 Å². The summed E-state index contributed by atoms with van der Waals surface area (Å²) in [6.07, 6.45) is 3.92. The van der Waals surface area contributed by atoms with Crippen LogP contribution in [0.2, 0.25) is 0 Å². The third kappa shape index (κ3) is 3.80. The SMILES string of the molecule is COc1cccc(C(=O)[C@@H]2[C@H](C(=O)c3cc(OC)ccc3OC)[C@]3(C(=O)Nc4ccccc43)[C@@H]3C=Cc4ccccc4N23)c1. The van der Waals surface area contributed by atoms with E-state index in [4.69, 9.17) is 14.2 Å². The van der Waals surface area contributed by atoms with Gasteiger partial charge < -0.3 is 24.4 Å². The molecule has 44 heavy (non-hydrogen) atoms. The highest BCUT2D eigenvalue weighted by molar-refractivity contribution is 6.19. The maximum Gasteiger partial charge on any atom is 0.238 e. The van der Waals surface area contributed by atoms with Gasteiger partial charge in [0.25, 0.3) is 0 Å². The summed E-state index contributed by atoms with van der Waals surface area (Å²) in [5.74, 6) is -0.879. The molecule has 0 unspecified atom stereocenters. The van der Waals surface area contributed by atoms with E-state index in [1.54, 1.807) is 42.5 Å². The second kappa shape index (κ2) is 10.4. The van der Waals surface area contributed by atoms with Crippen molar-refractivity contribution in [3.8, 4) is 17.2 Å². The number of rotatable bonds is 7. The van der Waals surface area contributed by atoms with Gasteiger partial charge in [-0.1, -0.05) is 60.7 Å². The molecule has 4 aromatic rings. The van der Waals surface area contributed by atoms with Gasteiger partial charge in [-0.25, -0.2) is 0 Å². The molecule has 0 saturated carbocycles. The van der Waals surface area contributed by atoms with Crippen molar-refractivity contribution < 1.29 is 28.6 Å². The Balaban J connectivity index is 1.55. The number of amides is 1. The van der Waals surface area contributed by atoms with Gasteiger partial charge in [0, 0.05) is 16.9 Å². The Labute approximate surface area is 254 Å². The number of nitrogens with zero attached hydrogens (tertiary/aromatic N) is 1. The van der Waals surface area contributed by atoms with E-state index >= 15 is 4.79 Å². The zero-order chi connectivity index (χ0) is 30.6. The van der Waals surface area contributed by atoms with Crippen molar-refractivity contribution in [1.29, 1.82) is 0 Å². The van der Waals surface area contributed by atoms with Gasteiger partial charge in [0.1, 0.15) is 28.7 Å². The normalized spacial score (nSPS) is 22.6. The maximum absolute atomic E-state index is 15.2. The van der Waals surface area contributed by atoms with E-state index in [1.165, 1.54) is 21.3 Å². The highest BCUT2D eigenvalue weighted by Crippen LogP contribution is 2.58. The van der Waals surface area contributed by atoms with E-state index in [9.17, 15) is 9.59 Å². The molecule has 0 radical (unpaired) electrons. The smallest absolute Gasteiger partial charge is 0.238 e. The Bertz CT molecular complexity index is 1870. The number of hydrogen-bond donors (Lipinski definition) is 1. The van der Waals surface area contributed by atoms with Crippen LogP contribution in [0, 0.1) is 5.92 Å². The Morgan fingerprint density at radius 2 is 1.55 bits per heavy atom. The fourth-order valence-electron chi connectivity index (χ4n) is 7.24. The first kappa shape index (κ1) is 27.5. The summed E-state index contributed by atoms with van der Waals surface area (Å²) in [5, 5.41) is 3.05. The zero-order valence-electron chi connectivity index (χ0n) is 24.4. The standard InChI is InChI=1S/C36H30N2O6/c1-42-23-11-8-10-22(19-23)33(39)32-31(34(40)25-20-24(43-2)16-17-29(25)44-3)36(26-12-5-6-13-27(26)37-35(36)41)30-18-15-21-9-4-7-14-28(21)38(30)32/h4-20,30-32H,1-3H3,(H,37,41)/t30-,31+,32-,36+/m0/s1. The lowest BCUT2D eigenvalue weighted by Crippen LogP contribution is -2.51. The fraction of sp³-hybridized carbons (Fsp3) is 0.194. The number of carbonyl (C=O) groups is 3. The molecular formula is C36H30N2O6. The molecule has 220 valence electrons.